The second-order valence-corrected chi connectivity index (χ2v) is 9.41. The van der Waals surface area contributed by atoms with Gasteiger partial charge in [0.2, 0.25) is 5.91 Å². The van der Waals surface area contributed by atoms with Gasteiger partial charge in [-0.05, 0) is 26.2 Å². The fourth-order valence-corrected chi connectivity index (χ4v) is 4.30. The van der Waals surface area contributed by atoms with E-state index >= 15 is 0 Å². The van der Waals surface area contributed by atoms with Gasteiger partial charge in [0.25, 0.3) is 5.91 Å². The van der Waals surface area contributed by atoms with E-state index in [-0.39, 0.29) is 5.91 Å². The van der Waals surface area contributed by atoms with Crippen LogP contribution in [-0.4, -0.2) is 30.1 Å². The van der Waals surface area contributed by atoms with Crippen LogP contribution in [-0.2, 0) is 14.3 Å². The van der Waals surface area contributed by atoms with Gasteiger partial charge >= 0.3 is 0 Å². The standard InChI is InChI=1S/C26H52N2O3/c1-6-9-12-15-16-19-22-26(24(30)28-5,21-18-14-11-8-3)31-25(4,23(27)29)20-17-13-10-7-2/h6-22H2,1-5H3,(H2,27,29)(H,28,30). The topological polar surface area (TPSA) is 81.4 Å². The van der Waals surface area contributed by atoms with Crippen molar-refractivity contribution in [3.05, 3.63) is 0 Å². The Labute approximate surface area is 192 Å². The van der Waals surface area contributed by atoms with Gasteiger partial charge < -0.3 is 15.8 Å². The lowest BCUT2D eigenvalue weighted by Crippen LogP contribution is -2.56. The van der Waals surface area contributed by atoms with Crippen LogP contribution in [0.15, 0.2) is 0 Å². The van der Waals surface area contributed by atoms with E-state index in [1.54, 1.807) is 14.0 Å². The zero-order valence-electron chi connectivity index (χ0n) is 21.3. The third-order valence-electron chi connectivity index (χ3n) is 6.46. The molecule has 0 aliphatic carbocycles. The molecule has 0 spiro atoms. The van der Waals surface area contributed by atoms with E-state index in [2.05, 4.69) is 26.1 Å². The molecule has 5 nitrogen and oxygen atoms in total. The Bertz CT molecular complexity index is 483. The van der Waals surface area contributed by atoms with Crippen molar-refractivity contribution < 1.29 is 14.3 Å². The summed E-state index contributed by atoms with van der Waals surface area (Å²) < 4.78 is 6.54. The second kappa shape index (κ2) is 17.5. The van der Waals surface area contributed by atoms with Gasteiger partial charge in [-0.2, -0.15) is 0 Å². The molecule has 0 heterocycles. The summed E-state index contributed by atoms with van der Waals surface area (Å²) in [6.45, 7) is 8.34. The maximum absolute atomic E-state index is 13.2. The zero-order chi connectivity index (χ0) is 23.6. The molecular weight excluding hydrogens is 388 g/mol. The molecule has 184 valence electrons. The molecule has 0 aromatic carbocycles. The van der Waals surface area contributed by atoms with Crippen molar-refractivity contribution in [2.75, 3.05) is 7.05 Å². The SMILES string of the molecule is CCCCCCCCC(CCCCCC)(OC(C)(CCCCCC)C(N)=O)C(=O)NC. The van der Waals surface area contributed by atoms with Gasteiger partial charge in [-0.15, -0.1) is 0 Å². The van der Waals surface area contributed by atoms with Crippen LogP contribution in [0.2, 0.25) is 0 Å². The Morgan fingerprint density at radius 1 is 0.710 bits per heavy atom. The molecule has 2 atom stereocenters. The average molecular weight is 441 g/mol. The predicted octanol–water partition coefficient (Wildman–Crippen LogP) is 6.42. The van der Waals surface area contributed by atoms with E-state index in [9.17, 15) is 9.59 Å². The minimum Gasteiger partial charge on any atom is -0.367 e. The molecule has 5 heteroatoms. The Hall–Kier alpha value is -1.10. The van der Waals surface area contributed by atoms with Crippen LogP contribution < -0.4 is 11.1 Å². The fraction of sp³-hybridized carbons (Fsp3) is 0.923. The van der Waals surface area contributed by atoms with Crippen molar-refractivity contribution >= 4 is 11.8 Å². The van der Waals surface area contributed by atoms with Gasteiger partial charge in [-0.3, -0.25) is 9.59 Å². The molecule has 0 aliphatic rings. The average Bonchev–Trinajstić information content (AvgIpc) is 2.75. The number of carbonyl (C=O) groups excluding carboxylic acids is 2. The van der Waals surface area contributed by atoms with Crippen molar-refractivity contribution in [3.8, 4) is 0 Å². The zero-order valence-corrected chi connectivity index (χ0v) is 21.3. The molecule has 0 saturated heterocycles. The van der Waals surface area contributed by atoms with E-state index in [0.29, 0.717) is 19.3 Å². The lowest BCUT2D eigenvalue weighted by molar-refractivity contribution is -0.185. The number of hydrogen-bond acceptors (Lipinski definition) is 3. The van der Waals surface area contributed by atoms with Crippen LogP contribution in [0.25, 0.3) is 0 Å². The number of unbranched alkanes of at least 4 members (excludes halogenated alkanes) is 11. The second-order valence-electron chi connectivity index (χ2n) is 9.41. The van der Waals surface area contributed by atoms with E-state index in [1.165, 1.54) is 25.7 Å². The van der Waals surface area contributed by atoms with Gasteiger partial charge in [0, 0.05) is 7.05 Å². The summed E-state index contributed by atoms with van der Waals surface area (Å²) in [5, 5.41) is 2.83. The number of primary amides is 1. The molecular formula is C26H52N2O3. The predicted molar refractivity (Wildman–Crippen MR) is 131 cm³/mol. The normalized spacial score (nSPS) is 15.3. The van der Waals surface area contributed by atoms with Gasteiger partial charge in [0.05, 0.1) is 0 Å². The van der Waals surface area contributed by atoms with Crippen molar-refractivity contribution in [3.63, 3.8) is 0 Å². The molecule has 0 radical (unpaired) electrons. The third kappa shape index (κ3) is 11.9. The first-order valence-electron chi connectivity index (χ1n) is 13.0. The van der Waals surface area contributed by atoms with E-state index in [0.717, 1.165) is 64.2 Å². The number of rotatable bonds is 21. The Kier molecular flexibility index (Phi) is 16.8. The number of carbonyl (C=O) groups is 2. The molecule has 0 aliphatic heterocycles. The van der Waals surface area contributed by atoms with Crippen molar-refractivity contribution in [1.29, 1.82) is 0 Å². The van der Waals surface area contributed by atoms with Gasteiger partial charge in [0.15, 0.2) is 0 Å². The monoisotopic (exact) mass is 440 g/mol. The van der Waals surface area contributed by atoms with E-state index in [4.69, 9.17) is 10.5 Å². The Morgan fingerprint density at radius 2 is 1.10 bits per heavy atom. The molecule has 31 heavy (non-hydrogen) atoms. The van der Waals surface area contributed by atoms with Gasteiger partial charge in [0.1, 0.15) is 11.2 Å². The Morgan fingerprint density at radius 3 is 1.52 bits per heavy atom. The number of hydrogen-bond donors (Lipinski definition) is 2. The maximum atomic E-state index is 13.2. The molecule has 0 saturated carbocycles. The van der Waals surface area contributed by atoms with Crippen LogP contribution in [0.1, 0.15) is 137 Å². The molecule has 0 fully saturated rings. The minimum atomic E-state index is -1.12. The summed E-state index contributed by atoms with van der Waals surface area (Å²) in [6.07, 6.45) is 17.2. The summed E-state index contributed by atoms with van der Waals surface area (Å²) in [7, 11) is 1.66. The van der Waals surface area contributed by atoms with Crippen molar-refractivity contribution in [1.82, 2.24) is 5.32 Å². The highest BCUT2D eigenvalue weighted by Gasteiger charge is 2.46. The first-order valence-corrected chi connectivity index (χ1v) is 13.0. The van der Waals surface area contributed by atoms with Crippen LogP contribution in [0.5, 0.6) is 0 Å². The number of nitrogens with two attached hydrogens (primary N) is 1. The van der Waals surface area contributed by atoms with Crippen LogP contribution in [0, 0.1) is 0 Å². The summed E-state index contributed by atoms with van der Waals surface area (Å²) in [5.74, 6) is -0.577. The number of likely N-dealkylation sites (N-methyl/N-ethyl adjacent to an activating group) is 1. The first kappa shape index (κ1) is 29.9. The highest BCUT2D eigenvalue weighted by atomic mass is 16.5. The fourth-order valence-electron chi connectivity index (χ4n) is 4.30. The summed E-state index contributed by atoms with van der Waals surface area (Å²) in [6, 6.07) is 0. The van der Waals surface area contributed by atoms with Crippen LogP contribution in [0.3, 0.4) is 0 Å². The lowest BCUT2D eigenvalue weighted by atomic mass is 9.86. The molecule has 2 amide bonds. The van der Waals surface area contributed by atoms with Crippen molar-refractivity contribution in [2.24, 2.45) is 5.73 Å². The molecule has 2 unspecified atom stereocenters. The molecule has 0 aromatic heterocycles. The van der Waals surface area contributed by atoms with Gasteiger partial charge in [-0.1, -0.05) is 111 Å². The lowest BCUT2D eigenvalue weighted by Gasteiger charge is -2.40. The van der Waals surface area contributed by atoms with E-state index < -0.39 is 17.1 Å². The molecule has 3 N–H and O–H groups in total. The van der Waals surface area contributed by atoms with Crippen LogP contribution in [0.4, 0.5) is 0 Å². The maximum Gasteiger partial charge on any atom is 0.252 e. The van der Waals surface area contributed by atoms with E-state index in [1.807, 2.05) is 0 Å². The minimum absolute atomic E-state index is 0.112. The van der Waals surface area contributed by atoms with Crippen molar-refractivity contribution in [2.45, 2.75) is 148 Å². The summed E-state index contributed by atoms with van der Waals surface area (Å²) >= 11 is 0. The number of nitrogens with one attached hydrogen (secondary N) is 1. The summed E-state index contributed by atoms with van der Waals surface area (Å²) in [4.78, 5) is 25.6. The van der Waals surface area contributed by atoms with Gasteiger partial charge in [-0.25, -0.2) is 0 Å². The number of amides is 2. The first-order chi connectivity index (χ1) is 14.8. The quantitative estimate of drug-likeness (QED) is 0.202. The highest BCUT2D eigenvalue weighted by Crippen LogP contribution is 2.34. The third-order valence-corrected chi connectivity index (χ3v) is 6.46. The van der Waals surface area contributed by atoms with Crippen LogP contribution >= 0.6 is 0 Å². The largest absolute Gasteiger partial charge is 0.367 e. The Balaban J connectivity index is 5.46. The highest BCUT2D eigenvalue weighted by molar-refractivity contribution is 5.87. The smallest absolute Gasteiger partial charge is 0.252 e. The summed E-state index contributed by atoms with van der Waals surface area (Å²) in [5.41, 5.74) is 3.72. The molecule has 0 rings (SSSR count). The number of ether oxygens (including phenoxy) is 1. The molecule has 0 bridgehead atoms. The molecule has 0 aromatic rings.